The van der Waals surface area contributed by atoms with Crippen LogP contribution < -0.4 is 4.74 Å². The Balaban J connectivity index is 1.92. The maximum absolute atomic E-state index is 13.2. The minimum absolute atomic E-state index is 0.0195. The summed E-state index contributed by atoms with van der Waals surface area (Å²) in [6.07, 6.45) is 0.434. The Kier molecular flexibility index (Phi) is 6.07. The maximum atomic E-state index is 13.2. The molecule has 0 aromatic heterocycles. The van der Waals surface area contributed by atoms with Crippen molar-refractivity contribution in [3.8, 4) is 5.75 Å². The lowest BCUT2D eigenvalue weighted by atomic mass is 10.1. The van der Waals surface area contributed by atoms with Crippen LogP contribution in [0.1, 0.15) is 29.3 Å². The third-order valence-electron chi connectivity index (χ3n) is 4.60. The minimum Gasteiger partial charge on any atom is -0.494 e. The van der Waals surface area contributed by atoms with Crippen molar-refractivity contribution in [3.05, 3.63) is 64.7 Å². The zero-order valence-electron chi connectivity index (χ0n) is 15.1. The Labute approximate surface area is 164 Å². The molecule has 0 saturated carbocycles. The van der Waals surface area contributed by atoms with E-state index in [2.05, 4.69) is 0 Å². The molecule has 1 amide bonds. The molecule has 2 aromatic rings. The molecule has 0 aliphatic carbocycles. The number of halogens is 1. The average Bonchev–Trinajstić information content (AvgIpc) is 3.00. The lowest BCUT2D eigenvalue weighted by Gasteiger charge is -2.29. The number of benzene rings is 2. The van der Waals surface area contributed by atoms with Gasteiger partial charge in [-0.15, -0.1) is 0 Å². The Morgan fingerprint density at radius 2 is 2.00 bits per heavy atom. The van der Waals surface area contributed by atoms with Gasteiger partial charge in [0.1, 0.15) is 5.75 Å². The molecule has 0 bridgehead atoms. The lowest BCUT2D eigenvalue weighted by molar-refractivity contribution is 0.0680. The molecule has 1 fully saturated rings. The van der Waals surface area contributed by atoms with Crippen molar-refractivity contribution in [3.63, 3.8) is 0 Å². The predicted molar refractivity (Wildman–Crippen MR) is 106 cm³/mol. The summed E-state index contributed by atoms with van der Waals surface area (Å²) in [4.78, 5) is 14.9. The highest BCUT2D eigenvalue weighted by molar-refractivity contribution is 7.91. The zero-order chi connectivity index (χ0) is 19.4. The molecule has 0 spiro atoms. The van der Waals surface area contributed by atoms with E-state index in [0.29, 0.717) is 29.4 Å². The van der Waals surface area contributed by atoms with Gasteiger partial charge in [0.15, 0.2) is 9.84 Å². The molecule has 3 rings (SSSR count). The number of ether oxygens (including phenoxy) is 1. The van der Waals surface area contributed by atoms with Crippen molar-refractivity contribution < 1.29 is 17.9 Å². The molecule has 2 aromatic carbocycles. The van der Waals surface area contributed by atoms with E-state index >= 15 is 0 Å². The molecular formula is C20H22ClNO4S. The van der Waals surface area contributed by atoms with Crippen molar-refractivity contribution in [1.82, 2.24) is 4.90 Å². The van der Waals surface area contributed by atoms with Gasteiger partial charge in [-0.05, 0) is 43.2 Å². The molecule has 1 atom stereocenters. The van der Waals surface area contributed by atoms with Crippen LogP contribution in [0.4, 0.5) is 0 Å². The molecule has 1 saturated heterocycles. The first kappa shape index (κ1) is 19.7. The van der Waals surface area contributed by atoms with Gasteiger partial charge in [-0.2, -0.15) is 0 Å². The summed E-state index contributed by atoms with van der Waals surface area (Å²) >= 11 is 6.27. The predicted octanol–water partition coefficient (Wildman–Crippen LogP) is 3.57. The van der Waals surface area contributed by atoms with E-state index in [1.807, 2.05) is 25.1 Å². The highest BCUT2D eigenvalue weighted by atomic mass is 35.5. The SMILES string of the molecule is CCOc1cccc(C(=O)N(Cc2ccccc2Cl)C2CCS(=O)(=O)C2)c1. The van der Waals surface area contributed by atoms with Gasteiger partial charge in [0.25, 0.3) is 5.91 Å². The summed E-state index contributed by atoms with van der Waals surface area (Å²) in [7, 11) is -3.13. The highest BCUT2D eigenvalue weighted by Gasteiger charge is 2.35. The van der Waals surface area contributed by atoms with Crippen LogP contribution in [0.25, 0.3) is 0 Å². The topological polar surface area (TPSA) is 63.7 Å². The van der Waals surface area contributed by atoms with E-state index in [4.69, 9.17) is 16.3 Å². The number of hydrogen-bond acceptors (Lipinski definition) is 4. The second-order valence-electron chi connectivity index (χ2n) is 6.54. The number of sulfone groups is 1. The van der Waals surface area contributed by atoms with Crippen LogP contribution in [0, 0.1) is 0 Å². The number of carbonyl (C=O) groups is 1. The smallest absolute Gasteiger partial charge is 0.254 e. The summed E-state index contributed by atoms with van der Waals surface area (Å²) in [6, 6.07) is 13.9. The standard InChI is InChI=1S/C20H22ClNO4S/c1-2-26-18-8-5-7-15(12-18)20(23)22(17-10-11-27(24,25)14-17)13-16-6-3-4-9-19(16)21/h3-9,12,17H,2,10-11,13-14H2,1H3. The van der Waals surface area contributed by atoms with E-state index in [1.165, 1.54) is 0 Å². The Bertz CT molecular complexity index is 929. The van der Waals surface area contributed by atoms with E-state index in [1.54, 1.807) is 35.2 Å². The molecule has 1 aliphatic rings. The van der Waals surface area contributed by atoms with Crippen LogP contribution in [0.5, 0.6) is 5.75 Å². The monoisotopic (exact) mass is 407 g/mol. The molecular weight excluding hydrogens is 386 g/mol. The fourth-order valence-electron chi connectivity index (χ4n) is 3.25. The molecule has 5 nitrogen and oxygen atoms in total. The first-order valence-corrected chi connectivity index (χ1v) is 11.1. The molecule has 144 valence electrons. The average molecular weight is 408 g/mol. The molecule has 1 aliphatic heterocycles. The summed E-state index contributed by atoms with van der Waals surface area (Å²) in [5.74, 6) is 0.468. The normalized spacial score (nSPS) is 18.2. The maximum Gasteiger partial charge on any atom is 0.254 e. The molecule has 27 heavy (non-hydrogen) atoms. The fourth-order valence-corrected chi connectivity index (χ4v) is 5.18. The van der Waals surface area contributed by atoms with Crippen LogP contribution in [-0.2, 0) is 16.4 Å². The minimum atomic E-state index is -3.13. The van der Waals surface area contributed by atoms with Gasteiger partial charge < -0.3 is 9.64 Å². The van der Waals surface area contributed by atoms with Gasteiger partial charge in [-0.25, -0.2) is 8.42 Å². The van der Waals surface area contributed by atoms with E-state index in [-0.39, 0.29) is 30.0 Å². The zero-order valence-corrected chi connectivity index (χ0v) is 16.7. The Hall–Kier alpha value is -2.05. The van der Waals surface area contributed by atoms with Crippen LogP contribution in [0.2, 0.25) is 5.02 Å². The largest absolute Gasteiger partial charge is 0.494 e. The van der Waals surface area contributed by atoms with Gasteiger partial charge in [-0.1, -0.05) is 35.9 Å². The van der Waals surface area contributed by atoms with Gasteiger partial charge in [-0.3, -0.25) is 4.79 Å². The van der Waals surface area contributed by atoms with Gasteiger partial charge in [0.2, 0.25) is 0 Å². The number of rotatable bonds is 6. The molecule has 7 heteroatoms. The van der Waals surface area contributed by atoms with Gasteiger partial charge in [0.05, 0.1) is 18.1 Å². The van der Waals surface area contributed by atoms with Gasteiger partial charge >= 0.3 is 0 Å². The highest BCUT2D eigenvalue weighted by Crippen LogP contribution is 2.26. The number of carbonyl (C=O) groups excluding carboxylic acids is 1. The summed E-state index contributed by atoms with van der Waals surface area (Å²) in [6.45, 7) is 2.64. The van der Waals surface area contributed by atoms with Gasteiger partial charge in [0, 0.05) is 23.2 Å². The molecule has 0 N–H and O–H groups in total. The number of hydrogen-bond donors (Lipinski definition) is 0. The van der Waals surface area contributed by atoms with Crippen molar-refractivity contribution in [2.24, 2.45) is 0 Å². The Morgan fingerprint density at radius 1 is 1.22 bits per heavy atom. The van der Waals surface area contributed by atoms with Crippen LogP contribution in [-0.4, -0.2) is 43.4 Å². The quantitative estimate of drug-likeness (QED) is 0.734. The van der Waals surface area contributed by atoms with Crippen molar-refractivity contribution in [1.29, 1.82) is 0 Å². The summed E-state index contributed by atoms with van der Waals surface area (Å²) in [5, 5.41) is 0.555. The molecule has 1 unspecified atom stereocenters. The first-order valence-electron chi connectivity index (χ1n) is 8.87. The van der Waals surface area contributed by atoms with Crippen LogP contribution in [0.15, 0.2) is 48.5 Å². The third kappa shape index (κ3) is 4.82. The van der Waals surface area contributed by atoms with E-state index < -0.39 is 9.84 Å². The van der Waals surface area contributed by atoms with Crippen LogP contribution >= 0.6 is 11.6 Å². The Morgan fingerprint density at radius 3 is 2.67 bits per heavy atom. The molecule has 0 radical (unpaired) electrons. The first-order chi connectivity index (χ1) is 12.9. The van der Waals surface area contributed by atoms with Crippen LogP contribution in [0.3, 0.4) is 0 Å². The van der Waals surface area contributed by atoms with E-state index in [0.717, 1.165) is 5.56 Å². The number of nitrogens with zero attached hydrogens (tertiary/aromatic N) is 1. The lowest BCUT2D eigenvalue weighted by Crippen LogP contribution is -2.40. The van der Waals surface area contributed by atoms with Crippen molar-refractivity contribution >= 4 is 27.3 Å². The van der Waals surface area contributed by atoms with E-state index in [9.17, 15) is 13.2 Å². The summed E-state index contributed by atoms with van der Waals surface area (Å²) in [5.41, 5.74) is 1.26. The van der Waals surface area contributed by atoms with Crippen molar-refractivity contribution in [2.45, 2.75) is 25.9 Å². The summed E-state index contributed by atoms with van der Waals surface area (Å²) < 4.78 is 29.4. The third-order valence-corrected chi connectivity index (χ3v) is 6.72. The van der Waals surface area contributed by atoms with Crippen molar-refractivity contribution in [2.75, 3.05) is 18.1 Å². The number of amides is 1. The fraction of sp³-hybridized carbons (Fsp3) is 0.350. The second-order valence-corrected chi connectivity index (χ2v) is 9.18. The molecule has 1 heterocycles. The second kappa shape index (κ2) is 8.31.